The van der Waals surface area contributed by atoms with E-state index in [0.29, 0.717) is 12.6 Å². The van der Waals surface area contributed by atoms with Crippen molar-refractivity contribution < 1.29 is 14.3 Å². The second-order valence-corrected chi connectivity index (χ2v) is 8.96. The number of halogens is 1. The van der Waals surface area contributed by atoms with E-state index in [1.165, 1.54) is 0 Å². The van der Waals surface area contributed by atoms with Crippen molar-refractivity contribution >= 4 is 36.0 Å². The summed E-state index contributed by atoms with van der Waals surface area (Å²) in [5, 5.41) is 6.43. The van der Waals surface area contributed by atoms with Gasteiger partial charge in [-0.1, -0.05) is 13.8 Å². The molecule has 0 aliphatic carbocycles. The number of nitrogens with one attached hydrogen (secondary N) is 2. The van der Waals surface area contributed by atoms with Crippen LogP contribution in [0.25, 0.3) is 0 Å². The summed E-state index contributed by atoms with van der Waals surface area (Å²) in [5.74, 6) is 1.17. The molecule has 2 saturated heterocycles. The molecule has 29 heavy (non-hydrogen) atoms. The molecule has 0 aromatic carbocycles. The zero-order chi connectivity index (χ0) is 20.7. The van der Waals surface area contributed by atoms with Crippen LogP contribution in [0.1, 0.15) is 41.0 Å². The Bertz CT molecular complexity index is 533. The summed E-state index contributed by atoms with van der Waals surface area (Å²) in [6.45, 7) is 16.1. The van der Waals surface area contributed by atoms with Gasteiger partial charge in [0.25, 0.3) is 0 Å². The lowest BCUT2D eigenvalue weighted by Crippen LogP contribution is -2.51. The van der Waals surface area contributed by atoms with Crippen molar-refractivity contribution in [2.45, 2.75) is 58.7 Å². The molecule has 2 atom stereocenters. The van der Waals surface area contributed by atoms with Crippen molar-refractivity contribution in [1.29, 1.82) is 0 Å². The van der Waals surface area contributed by atoms with Crippen LogP contribution in [-0.2, 0) is 9.47 Å². The van der Waals surface area contributed by atoms with E-state index in [0.717, 1.165) is 51.8 Å². The fourth-order valence-electron chi connectivity index (χ4n) is 3.62. The van der Waals surface area contributed by atoms with Crippen molar-refractivity contribution in [3.63, 3.8) is 0 Å². The van der Waals surface area contributed by atoms with Crippen LogP contribution < -0.4 is 10.6 Å². The Labute approximate surface area is 193 Å². The quantitative estimate of drug-likeness (QED) is 0.326. The van der Waals surface area contributed by atoms with Crippen LogP contribution in [0.3, 0.4) is 0 Å². The van der Waals surface area contributed by atoms with Gasteiger partial charge in [-0.2, -0.15) is 0 Å². The number of alkyl carbamates (subject to hydrolysis) is 1. The summed E-state index contributed by atoms with van der Waals surface area (Å²) in [4.78, 5) is 21.4. The van der Waals surface area contributed by atoms with Gasteiger partial charge in [0.15, 0.2) is 5.96 Å². The van der Waals surface area contributed by atoms with E-state index in [1.54, 1.807) is 0 Å². The first-order chi connectivity index (χ1) is 13.2. The maximum Gasteiger partial charge on any atom is 0.407 e. The normalized spacial score (nSPS) is 22.2. The highest BCUT2D eigenvalue weighted by molar-refractivity contribution is 14.0. The highest BCUT2D eigenvalue weighted by Gasteiger charge is 2.30. The smallest absolute Gasteiger partial charge is 0.407 e. The molecule has 0 aromatic rings. The molecule has 1 amide bonds. The van der Waals surface area contributed by atoms with Crippen LogP contribution in [-0.4, -0.2) is 92.5 Å². The van der Waals surface area contributed by atoms with Gasteiger partial charge in [0.05, 0.1) is 19.3 Å². The Morgan fingerprint density at radius 3 is 2.45 bits per heavy atom. The van der Waals surface area contributed by atoms with Crippen LogP contribution >= 0.6 is 24.0 Å². The summed E-state index contributed by atoms with van der Waals surface area (Å²) >= 11 is 0. The van der Waals surface area contributed by atoms with Crippen molar-refractivity contribution in [1.82, 2.24) is 20.4 Å². The molecule has 9 heteroatoms. The first kappa shape index (κ1) is 26.2. The molecule has 2 unspecified atom stereocenters. The summed E-state index contributed by atoms with van der Waals surface area (Å²) in [5.41, 5.74) is -0.501. The molecule has 0 spiro atoms. The van der Waals surface area contributed by atoms with Gasteiger partial charge in [0.1, 0.15) is 5.60 Å². The number of carbonyl (C=O) groups excluding carboxylic acids is 1. The average Bonchev–Trinajstić information content (AvgIpc) is 3.10. The molecular weight excluding hydrogens is 485 g/mol. The van der Waals surface area contributed by atoms with Gasteiger partial charge in [0.2, 0.25) is 0 Å². The average molecular weight is 525 g/mol. The minimum Gasteiger partial charge on any atom is -0.444 e. The van der Waals surface area contributed by atoms with E-state index >= 15 is 0 Å². The van der Waals surface area contributed by atoms with Crippen molar-refractivity contribution in [3.8, 4) is 0 Å². The number of hydrogen-bond acceptors (Lipinski definition) is 5. The Kier molecular flexibility index (Phi) is 11.0. The van der Waals surface area contributed by atoms with Crippen LogP contribution in [0.4, 0.5) is 4.79 Å². The Morgan fingerprint density at radius 2 is 1.90 bits per heavy atom. The van der Waals surface area contributed by atoms with E-state index in [-0.39, 0.29) is 42.0 Å². The maximum atomic E-state index is 12.1. The fraction of sp³-hybridized carbons (Fsp3) is 0.900. The van der Waals surface area contributed by atoms with Gasteiger partial charge in [0, 0.05) is 45.8 Å². The van der Waals surface area contributed by atoms with Gasteiger partial charge < -0.3 is 25.0 Å². The number of guanidine groups is 1. The largest absolute Gasteiger partial charge is 0.444 e. The van der Waals surface area contributed by atoms with Gasteiger partial charge in [-0.05, 0) is 33.1 Å². The molecule has 8 nitrogen and oxygen atoms in total. The standard InChI is InChI=1S/C20H39N5O3.HI/c1-15(2)17(23-19(26)28-20(3,4)5)13-22-18(21-6)25-8-7-16(14-25)24-9-11-27-12-10-24;/h15-17H,7-14H2,1-6H3,(H,21,22)(H,23,26);1H. The Morgan fingerprint density at radius 1 is 1.24 bits per heavy atom. The lowest BCUT2D eigenvalue weighted by molar-refractivity contribution is 0.0194. The molecule has 2 heterocycles. The number of amides is 1. The van der Waals surface area contributed by atoms with Gasteiger partial charge in [-0.3, -0.25) is 9.89 Å². The molecule has 0 radical (unpaired) electrons. The molecule has 0 aromatic heterocycles. The molecule has 0 saturated carbocycles. The number of nitrogens with zero attached hydrogens (tertiary/aromatic N) is 3. The number of ether oxygens (including phenoxy) is 2. The summed E-state index contributed by atoms with van der Waals surface area (Å²) in [7, 11) is 1.82. The Balaban J connectivity index is 0.00000420. The fourth-order valence-corrected chi connectivity index (χ4v) is 3.62. The predicted octanol–water partition coefficient (Wildman–Crippen LogP) is 2.14. The molecule has 2 fully saturated rings. The summed E-state index contributed by atoms with van der Waals surface area (Å²) in [6.07, 6.45) is 0.765. The van der Waals surface area contributed by atoms with Gasteiger partial charge >= 0.3 is 6.09 Å². The van der Waals surface area contributed by atoms with Crippen molar-refractivity contribution in [2.24, 2.45) is 10.9 Å². The molecule has 170 valence electrons. The predicted molar refractivity (Wildman–Crippen MR) is 127 cm³/mol. The summed E-state index contributed by atoms with van der Waals surface area (Å²) in [6, 6.07) is 0.521. The SMILES string of the molecule is CN=C(NCC(NC(=O)OC(C)(C)C)C(C)C)N1CCC(N2CCOCC2)C1.I. The first-order valence-corrected chi connectivity index (χ1v) is 10.5. The molecule has 2 aliphatic heterocycles. The lowest BCUT2D eigenvalue weighted by atomic mass is 10.0. The first-order valence-electron chi connectivity index (χ1n) is 10.5. The topological polar surface area (TPSA) is 78.4 Å². The number of rotatable bonds is 5. The number of likely N-dealkylation sites (tertiary alicyclic amines) is 1. The zero-order valence-electron chi connectivity index (χ0n) is 18.9. The third-order valence-corrected chi connectivity index (χ3v) is 5.22. The third kappa shape index (κ3) is 8.84. The highest BCUT2D eigenvalue weighted by Crippen LogP contribution is 2.17. The number of morpholine rings is 1. The van der Waals surface area contributed by atoms with Crippen LogP contribution in [0, 0.1) is 5.92 Å². The van der Waals surface area contributed by atoms with E-state index < -0.39 is 5.60 Å². The molecule has 2 aliphatic rings. The lowest BCUT2D eigenvalue weighted by Gasteiger charge is -2.32. The molecule has 2 N–H and O–H groups in total. The van der Waals surface area contributed by atoms with E-state index in [9.17, 15) is 4.79 Å². The van der Waals surface area contributed by atoms with Gasteiger partial charge in [-0.15, -0.1) is 24.0 Å². The zero-order valence-corrected chi connectivity index (χ0v) is 21.2. The number of aliphatic imine (C=N–C) groups is 1. The van der Waals surface area contributed by atoms with Crippen LogP contribution in [0.2, 0.25) is 0 Å². The highest BCUT2D eigenvalue weighted by atomic mass is 127. The van der Waals surface area contributed by atoms with Gasteiger partial charge in [-0.25, -0.2) is 4.79 Å². The van der Waals surface area contributed by atoms with E-state index in [1.807, 2.05) is 27.8 Å². The summed E-state index contributed by atoms with van der Waals surface area (Å²) < 4.78 is 10.9. The molecular formula is C20H40IN5O3. The second-order valence-electron chi connectivity index (χ2n) is 8.96. The third-order valence-electron chi connectivity index (χ3n) is 5.22. The maximum absolute atomic E-state index is 12.1. The van der Waals surface area contributed by atoms with E-state index in [4.69, 9.17) is 9.47 Å². The monoisotopic (exact) mass is 525 g/mol. The van der Waals surface area contributed by atoms with Crippen LogP contribution in [0.5, 0.6) is 0 Å². The minimum absolute atomic E-state index is 0. The minimum atomic E-state index is -0.501. The number of hydrogen-bond donors (Lipinski definition) is 2. The van der Waals surface area contributed by atoms with Crippen molar-refractivity contribution in [2.75, 3.05) is 53.0 Å². The van der Waals surface area contributed by atoms with E-state index in [2.05, 4.69) is 39.3 Å². The molecule has 2 rings (SSSR count). The second kappa shape index (κ2) is 12.1. The number of carbonyl (C=O) groups is 1. The van der Waals surface area contributed by atoms with Crippen molar-refractivity contribution in [3.05, 3.63) is 0 Å². The Hall–Kier alpha value is -0.810. The van der Waals surface area contributed by atoms with Crippen LogP contribution in [0.15, 0.2) is 4.99 Å². The molecule has 0 bridgehead atoms.